The predicted molar refractivity (Wildman–Crippen MR) is 83.3 cm³/mol. The molecule has 0 unspecified atom stereocenters. The summed E-state index contributed by atoms with van der Waals surface area (Å²) < 4.78 is 4.82. The Kier molecular flexibility index (Phi) is 5.94. The predicted octanol–water partition coefficient (Wildman–Crippen LogP) is 1.95. The summed E-state index contributed by atoms with van der Waals surface area (Å²) in [5.41, 5.74) is 1.89. The summed E-state index contributed by atoms with van der Waals surface area (Å²) in [5.74, 6) is 0.547. The maximum Gasteiger partial charge on any atom is 0.305 e. The molecule has 0 saturated carbocycles. The van der Waals surface area contributed by atoms with E-state index in [4.69, 9.17) is 4.74 Å². The fourth-order valence-electron chi connectivity index (χ4n) is 2.14. The number of benzene rings is 1. The second-order valence-electron chi connectivity index (χ2n) is 4.96. The number of hydrogen-bond acceptors (Lipinski definition) is 4. The lowest BCUT2D eigenvalue weighted by atomic mass is 10.2. The third kappa shape index (κ3) is 4.87. The Morgan fingerprint density at radius 1 is 1.27 bits per heavy atom. The Balaban J connectivity index is 1.66. The van der Waals surface area contributed by atoms with Crippen molar-refractivity contribution in [2.24, 2.45) is 0 Å². The van der Waals surface area contributed by atoms with Gasteiger partial charge >= 0.3 is 5.97 Å². The van der Waals surface area contributed by atoms with Crippen molar-refractivity contribution in [1.29, 1.82) is 0 Å². The van der Waals surface area contributed by atoms with E-state index in [0.717, 1.165) is 16.9 Å². The minimum absolute atomic E-state index is 0.0377. The number of carbonyl (C=O) groups is 2. The summed E-state index contributed by atoms with van der Waals surface area (Å²) in [4.78, 5) is 30.5. The molecule has 2 N–H and O–H groups in total. The van der Waals surface area contributed by atoms with Crippen molar-refractivity contribution in [2.45, 2.75) is 32.6 Å². The number of amides is 1. The van der Waals surface area contributed by atoms with Crippen LogP contribution < -0.4 is 5.32 Å². The normalized spacial score (nSPS) is 10.6. The summed E-state index contributed by atoms with van der Waals surface area (Å²) in [6.07, 6.45) is 1.87. The molecule has 0 bridgehead atoms. The Morgan fingerprint density at radius 3 is 2.86 bits per heavy atom. The molecule has 2 rings (SSSR count). The van der Waals surface area contributed by atoms with Crippen molar-refractivity contribution < 1.29 is 14.3 Å². The molecule has 0 aliphatic heterocycles. The number of hydrogen-bond donors (Lipinski definition) is 2. The van der Waals surface area contributed by atoms with E-state index < -0.39 is 0 Å². The fourth-order valence-corrected chi connectivity index (χ4v) is 2.14. The number of esters is 1. The molecule has 6 nitrogen and oxygen atoms in total. The molecule has 2 aromatic rings. The number of nitrogens with zero attached hydrogens (tertiary/aromatic N) is 1. The van der Waals surface area contributed by atoms with Gasteiger partial charge in [0.15, 0.2) is 0 Å². The number of aryl methyl sites for hydroxylation is 1. The van der Waals surface area contributed by atoms with E-state index in [0.29, 0.717) is 38.8 Å². The van der Waals surface area contributed by atoms with Gasteiger partial charge in [-0.25, -0.2) is 4.98 Å². The molecule has 0 fully saturated rings. The molecule has 1 heterocycles. The van der Waals surface area contributed by atoms with Crippen molar-refractivity contribution in [3.8, 4) is 0 Å². The van der Waals surface area contributed by atoms with Crippen molar-refractivity contribution in [1.82, 2.24) is 15.3 Å². The molecule has 0 radical (unpaired) electrons. The maximum atomic E-state index is 11.7. The second kappa shape index (κ2) is 8.17. The van der Waals surface area contributed by atoms with Crippen LogP contribution in [0.15, 0.2) is 24.3 Å². The van der Waals surface area contributed by atoms with E-state index in [2.05, 4.69) is 15.3 Å². The maximum absolute atomic E-state index is 11.7. The molecular formula is C16H21N3O3. The van der Waals surface area contributed by atoms with E-state index in [1.165, 1.54) is 0 Å². The first-order valence-electron chi connectivity index (χ1n) is 7.55. The van der Waals surface area contributed by atoms with Gasteiger partial charge in [-0.05, 0) is 25.5 Å². The fraction of sp³-hybridized carbons (Fsp3) is 0.438. The minimum atomic E-state index is -0.223. The lowest BCUT2D eigenvalue weighted by Gasteiger charge is -2.04. The topological polar surface area (TPSA) is 84.1 Å². The van der Waals surface area contributed by atoms with Gasteiger partial charge in [0.25, 0.3) is 0 Å². The van der Waals surface area contributed by atoms with Crippen LogP contribution in [0.4, 0.5) is 0 Å². The smallest absolute Gasteiger partial charge is 0.305 e. The lowest BCUT2D eigenvalue weighted by molar-refractivity contribution is -0.143. The van der Waals surface area contributed by atoms with Gasteiger partial charge in [0.05, 0.1) is 17.6 Å². The number of aromatic amines is 1. The molecule has 22 heavy (non-hydrogen) atoms. The van der Waals surface area contributed by atoms with Gasteiger partial charge in [0.1, 0.15) is 5.82 Å². The van der Waals surface area contributed by atoms with Gasteiger partial charge in [-0.2, -0.15) is 0 Å². The highest BCUT2D eigenvalue weighted by Gasteiger charge is 2.06. The molecule has 0 atom stereocenters. The Bertz CT molecular complexity index is 603. The molecule has 0 spiro atoms. The van der Waals surface area contributed by atoms with Crippen LogP contribution in [0.1, 0.15) is 32.0 Å². The van der Waals surface area contributed by atoms with Crippen molar-refractivity contribution in [3.63, 3.8) is 0 Å². The number of rotatable bonds is 8. The summed E-state index contributed by atoms with van der Waals surface area (Å²) in [5, 5.41) is 2.80. The highest BCUT2D eigenvalue weighted by molar-refractivity contribution is 5.77. The Labute approximate surface area is 129 Å². The van der Waals surface area contributed by atoms with E-state index in [-0.39, 0.29) is 11.9 Å². The molecular weight excluding hydrogens is 282 g/mol. The van der Waals surface area contributed by atoms with E-state index >= 15 is 0 Å². The number of H-pyrrole nitrogens is 1. The molecule has 0 aliphatic rings. The first-order valence-corrected chi connectivity index (χ1v) is 7.55. The average Bonchev–Trinajstić information content (AvgIpc) is 2.93. The number of carbonyl (C=O) groups excluding carboxylic acids is 2. The van der Waals surface area contributed by atoms with Crippen LogP contribution in [0.3, 0.4) is 0 Å². The number of fused-ring (bicyclic) bond motifs is 1. The molecule has 1 aromatic heterocycles. The molecule has 1 amide bonds. The van der Waals surface area contributed by atoms with E-state index in [1.54, 1.807) is 6.92 Å². The molecule has 6 heteroatoms. The van der Waals surface area contributed by atoms with Crippen LogP contribution in [-0.2, 0) is 20.7 Å². The largest absolute Gasteiger partial charge is 0.466 e. The second-order valence-corrected chi connectivity index (χ2v) is 4.96. The van der Waals surface area contributed by atoms with Crippen molar-refractivity contribution >= 4 is 22.9 Å². The first-order chi connectivity index (χ1) is 10.7. The first kappa shape index (κ1) is 16.0. The standard InChI is InChI=1S/C16H21N3O3/c1-2-22-16(21)8-5-11-17-15(20)10-9-14-18-12-6-3-4-7-13(12)19-14/h3-4,6-7H,2,5,8-11H2,1H3,(H,17,20)(H,18,19). The van der Waals surface area contributed by atoms with Crippen molar-refractivity contribution in [3.05, 3.63) is 30.1 Å². The van der Waals surface area contributed by atoms with Gasteiger partial charge in [-0.1, -0.05) is 12.1 Å². The lowest BCUT2D eigenvalue weighted by Crippen LogP contribution is -2.25. The highest BCUT2D eigenvalue weighted by Crippen LogP contribution is 2.11. The van der Waals surface area contributed by atoms with Gasteiger partial charge in [-0.3, -0.25) is 9.59 Å². The molecule has 0 saturated heterocycles. The third-order valence-corrected chi connectivity index (χ3v) is 3.21. The Hall–Kier alpha value is -2.37. The summed E-state index contributed by atoms with van der Waals surface area (Å²) in [6, 6.07) is 7.77. The zero-order chi connectivity index (χ0) is 15.8. The number of aromatic nitrogens is 2. The van der Waals surface area contributed by atoms with Crippen LogP contribution in [0.2, 0.25) is 0 Å². The monoisotopic (exact) mass is 303 g/mol. The number of nitrogens with one attached hydrogen (secondary N) is 2. The number of imidazole rings is 1. The molecule has 1 aromatic carbocycles. The van der Waals surface area contributed by atoms with Gasteiger partial charge in [0.2, 0.25) is 5.91 Å². The zero-order valence-electron chi connectivity index (χ0n) is 12.7. The third-order valence-electron chi connectivity index (χ3n) is 3.21. The number of ether oxygens (including phenoxy) is 1. The average molecular weight is 303 g/mol. The SMILES string of the molecule is CCOC(=O)CCCNC(=O)CCc1nc2ccccc2[nH]1. The van der Waals surface area contributed by atoms with Crippen LogP contribution in [0.25, 0.3) is 11.0 Å². The minimum Gasteiger partial charge on any atom is -0.466 e. The van der Waals surface area contributed by atoms with Crippen LogP contribution >= 0.6 is 0 Å². The number of para-hydroxylation sites is 2. The van der Waals surface area contributed by atoms with Crippen LogP contribution in [0, 0.1) is 0 Å². The summed E-state index contributed by atoms with van der Waals surface area (Å²) >= 11 is 0. The summed E-state index contributed by atoms with van der Waals surface area (Å²) in [7, 11) is 0. The summed E-state index contributed by atoms with van der Waals surface area (Å²) in [6.45, 7) is 2.65. The van der Waals surface area contributed by atoms with Gasteiger partial charge in [-0.15, -0.1) is 0 Å². The van der Waals surface area contributed by atoms with Gasteiger partial charge < -0.3 is 15.0 Å². The molecule has 0 aliphatic carbocycles. The quantitative estimate of drug-likeness (QED) is 0.577. The van der Waals surface area contributed by atoms with Crippen molar-refractivity contribution in [2.75, 3.05) is 13.2 Å². The molecule has 118 valence electrons. The highest BCUT2D eigenvalue weighted by atomic mass is 16.5. The van der Waals surface area contributed by atoms with Crippen LogP contribution in [0.5, 0.6) is 0 Å². The van der Waals surface area contributed by atoms with Crippen LogP contribution in [-0.4, -0.2) is 35.0 Å². The van der Waals surface area contributed by atoms with Gasteiger partial charge in [0, 0.05) is 25.8 Å². The Morgan fingerprint density at radius 2 is 2.09 bits per heavy atom. The van der Waals surface area contributed by atoms with E-state index in [1.807, 2.05) is 24.3 Å². The van der Waals surface area contributed by atoms with E-state index in [9.17, 15) is 9.59 Å². The zero-order valence-corrected chi connectivity index (χ0v) is 12.7.